The SMILES string of the molecule is CC(C)CC1CCCC(O)(S(=O)(=O)O)C1. The molecular formula is C10H20O4S. The minimum Gasteiger partial charge on any atom is -0.372 e. The Morgan fingerprint density at radius 3 is 2.53 bits per heavy atom. The van der Waals surface area contributed by atoms with Gasteiger partial charge in [0.15, 0.2) is 4.93 Å². The van der Waals surface area contributed by atoms with E-state index in [2.05, 4.69) is 13.8 Å². The largest absolute Gasteiger partial charge is 0.372 e. The Labute approximate surface area is 91.4 Å². The first-order valence-electron chi connectivity index (χ1n) is 5.44. The first-order valence-corrected chi connectivity index (χ1v) is 6.88. The summed E-state index contributed by atoms with van der Waals surface area (Å²) in [6.07, 6.45) is 2.83. The molecule has 0 aromatic carbocycles. The van der Waals surface area contributed by atoms with E-state index in [9.17, 15) is 13.5 Å². The van der Waals surface area contributed by atoms with E-state index in [1.54, 1.807) is 0 Å². The van der Waals surface area contributed by atoms with Crippen LogP contribution in [0.4, 0.5) is 0 Å². The van der Waals surface area contributed by atoms with Crippen molar-refractivity contribution < 1.29 is 18.1 Å². The lowest BCUT2D eigenvalue weighted by Gasteiger charge is -2.34. The van der Waals surface area contributed by atoms with Crippen LogP contribution in [-0.2, 0) is 10.1 Å². The van der Waals surface area contributed by atoms with Gasteiger partial charge in [-0.25, -0.2) is 0 Å². The number of aliphatic hydroxyl groups is 1. The lowest BCUT2D eigenvalue weighted by atomic mass is 9.82. The van der Waals surface area contributed by atoms with Crippen LogP contribution in [0.2, 0.25) is 0 Å². The van der Waals surface area contributed by atoms with Gasteiger partial charge in [-0.05, 0) is 37.5 Å². The summed E-state index contributed by atoms with van der Waals surface area (Å²) in [5, 5.41) is 9.85. The van der Waals surface area contributed by atoms with Crippen molar-refractivity contribution in [2.45, 2.75) is 50.9 Å². The molecule has 1 saturated carbocycles. The molecule has 0 aromatic heterocycles. The molecule has 4 nitrogen and oxygen atoms in total. The molecule has 15 heavy (non-hydrogen) atoms. The average molecular weight is 236 g/mol. The molecule has 2 N–H and O–H groups in total. The molecule has 5 heteroatoms. The Hall–Kier alpha value is -0.130. The maximum atomic E-state index is 11.0. The third-order valence-electron chi connectivity index (χ3n) is 3.07. The molecular weight excluding hydrogens is 216 g/mol. The molecule has 90 valence electrons. The second kappa shape index (κ2) is 4.39. The second-order valence-electron chi connectivity index (χ2n) is 5.01. The zero-order valence-corrected chi connectivity index (χ0v) is 10.1. The van der Waals surface area contributed by atoms with E-state index in [0.717, 1.165) is 12.8 Å². The molecule has 1 aliphatic rings. The first-order chi connectivity index (χ1) is 6.74. The molecule has 0 amide bonds. The molecule has 0 saturated heterocycles. The summed E-state index contributed by atoms with van der Waals surface area (Å²) in [6, 6.07) is 0. The smallest absolute Gasteiger partial charge is 0.294 e. The van der Waals surface area contributed by atoms with Crippen molar-refractivity contribution >= 4 is 10.1 Å². The monoisotopic (exact) mass is 236 g/mol. The third kappa shape index (κ3) is 3.16. The highest BCUT2D eigenvalue weighted by Gasteiger charge is 2.44. The van der Waals surface area contributed by atoms with Gasteiger partial charge in [0.25, 0.3) is 10.1 Å². The van der Waals surface area contributed by atoms with E-state index in [1.807, 2.05) is 0 Å². The van der Waals surface area contributed by atoms with E-state index >= 15 is 0 Å². The lowest BCUT2D eigenvalue weighted by Crippen LogP contribution is -2.42. The summed E-state index contributed by atoms with van der Waals surface area (Å²) >= 11 is 0. The fourth-order valence-corrected chi connectivity index (χ4v) is 3.27. The van der Waals surface area contributed by atoms with E-state index in [1.165, 1.54) is 0 Å². The van der Waals surface area contributed by atoms with E-state index in [0.29, 0.717) is 12.3 Å². The maximum absolute atomic E-state index is 11.0. The summed E-state index contributed by atoms with van der Waals surface area (Å²) < 4.78 is 31.1. The average Bonchev–Trinajstić information content (AvgIpc) is 2.00. The number of hydrogen-bond donors (Lipinski definition) is 2. The fourth-order valence-electron chi connectivity index (χ4n) is 2.42. The highest BCUT2D eigenvalue weighted by Crippen LogP contribution is 2.38. The molecule has 0 radical (unpaired) electrons. The summed E-state index contributed by atoms with van der Waals surface area (Å²) in [5.74, 6) is 0.685. The second-order valence-corrected chi connectivity index (χ2v) is 6.72. The molecule has 2 atom stereocenters. The number of rotatable bonds is 3. The van der Waals surface area contributed by atoms with Gasteiger partial charge in [0.05, 0.1) is 0 Å². The Morgan fingerprint density at radius 1 is 1.47 bits per heavy atom. The van der Waals surface area contributed by atoms with Crippen LogP contribution in [-0.4, -0.2) is 23.0 Å². The van der Waals surface area contributed by atoms with Gasteiger partial charge >= 0.3 is 0 Å². The third-order valence-corrected chi connectivity index (χ3v) is 4.40. The topological polar surface area (TPSA) is 74.6 Å². The van der Waals surface area contributed by atoms with Crippen LogP contribution in [0.15, 0.2) is 0 Å². The summed E-state index contributed by atoms with van der Waals surface area (Å²) in [6.45, 7) is 4.14. The van der Waals surface area contributed by atoms with Gasteiger partial charge in [0, 0.05) is 0 Å². The minimum atomic E-state index is -4.34. The van der Waals surface area contributed by atoms with Crippen LogP contribution < -0.4 is 0 Å². The first kappa shape index (κ1) is 12.9. The quantitative estimate of drug-likeness (QED) is 0.733. The Balaban J connectivity index is 2.71. The van der Waals surface area contributed by atoms with Gasteiger partial charge in [-0.2, -0.15) is 8.42 Å². The molecule has 0 spiro atoms. The van der Waals surface area contributed by atoms with Crippen molar-refractivity contribution in [2.75, 3.05) is 0 Å². The van der Waals surface area contributed by atoms with Gasteiger partial charge < -0.3 is 5.11 Å². The summed E-state index contributed by atoms with van der Waals surface area (Å²) in [4.78, 5) is -1.90. The molecule has 1 rings (SSSR count). The van der Waals surface area contributed by atoms with Gasteiger partial charge in [-0.15, -0.1) is 0 Å². The highest BCUT2D eigenvalue weighted by atomic mass is 32.2. The van der Waals surface area contributed by atoms with Crippen LogP contribution in [0.25, 0.3) is 0 Å². The van der Waals surface area contributed by atoms with Gasteiger partial charge in [-0.1, -0.05) is 20.3 Å². The number of hydrogen-bond acceptors (Lipinski definition) is 3. The predicted octanol–water partition coefficient (Wildman–Crippen LogP) is 1.80. The highest BCUT2D eigenvalue weighted by molar-refractivity contribution is 7.87. The van der Waals surface area contributed by atoms with Crippen LogP contribution in [0.3, 0.4) is 0 Å². The molecule has 1 aliphatic carbocycles. The van der Waals surface area contributed by atoms with E-state index < -0.39 is 15.1 Å². The normalized spacial score (nSPS) is 33.3. The molecule has 2 unspecified atom stereocenters. The van der Waals surface area contributed by atoms with E-state index in [4.69, 9.17) is 4.55 Å². The molecule has 0 heterocycles. The minimum absolute atomic E-state index is 0.153. The molecule has 0 bridgehead atoms. The lowest BCUT2D eigenvalue weighted by molar-refractivity contribution is 0.0448. The van der Waals surface area contributed by atoms with Crippen molar-refractivity contribution in [3.8, 4) is 0 Å². The zero-order chi connectivity index (χ0) is 11.7. The molecule has 0 aliphatic heterocycles. The maximum Gasteiger partial charge on any atom is 0.294 e. The van der Waals surface area contributed by atoms with Crippen molar-refractivity contribution in [3.05, 3.63) is 0 Å². The predicted molar refractivity (Wildman–Crippen MR) is 57.9 cm³/mol. The van der Waals surface area contributed by atoms with Gasteiger partial charge in [-0.3, -0.25) is 4.55 Å². The summed E-state index contributed by atoms with van der Waals surface area (Å²) in [7, 11) is -4.34. The van der Waals surface area contributed by atoms with Gasteiger partial charge in [0.1, 0.15) is 0 Å². The van der Waals surface area contributed by atoms with E-state index in [-0.39, 0.29) is 18.8 Å². The van der Waals surface area contributed by atoms with Crippen LogP contribution >= 0.6 is 0 Å². The Kier molecular flexibility index (Phi) is 3.79. The van der Waals surface area contributed by atoms with Crippen molar-refractivity contribution in [3.63, 3.8) is 0 Å². The van der Waals surface area contributed by atoms with Crippen molar-refractivity contribution in [1.82, 2.24) is 0 Å². The van der Waals surface area contributed by atoms with Gasteiger partial charge in [0.2, 0.25) is 0 Å². The molecule has 0 aromatic rings. The van der Waals surface area contributed by atoms with Crippen LogP contribution in [0, 0.1) is 11.8 Å². The zero-order valence-electron chi connectivity index (χ0n) is 9.31. The van der Waals surface area contributed by atoms with Crippen molar-refractivity contribution in [2.24, 2.45) is 11.8 Å². The van der Waals surface area contributed by atoms with Crippen LogP contribution in [0.1, 0.15) is 46.0 Å². The molecule has 1 fully saturated rings. The summed E-state index contributed by atoms with van der Waals surface area (Å²) in [5.41, 5.74) is 0. The standard InChI is InChI=1S/C10H20O4S/c1-8(2)6-9-4-3-5-10(11,7-9)15(12,13)14/h8-9,11H,3-7H2,1-2H3,(H,12,13,14). The Bertz CT molecular complexity index is 309. The fraction of sp³-hybridized carbons (Fsp3) is 1.00. The van der Waals surface area contributed by atoms with Crippen molar-refractivity contribution in [1.29, 1.82) is 0 Å². The van der Waals surface area contributed by atoms with Crippen LogP contribution in [0.5, 0.6) is 0 Å². The Morgan fingerprint density at radius 2 is 2.07 bits per heavy atom.